The first-order valence-corrected chi connectivity index (χ1v) is 10.7. The summed E-state index contributed by atoms with van der Waals surface area (Å²) in [4.78, 5) is 12.4. The molecule has 0 bridgehead atoms. The van der Waals surface area contributed by atoms with E-state index in [0.29, 0.717) is 34.5 Å². The molecule has 1 N–H and O–H groups in total. The summed E-state index contributed by atoms with van der Waals surface area (Å²) in [5, 5.41) is 17.0. The lowest BCUT2D eigenvalue weighted by Crippen LogP contribution is -2.05. The zero-order valence-electron chi connectivity index (χ0n) is 18.0. The average Bonchev–Trinajstić information content (AvgIpc) is 3.29. The van der Waals surface area contributed by atoms with Crippen LogP contribution in [0.4, 0.5) is 18.9 Å². The van der Waals surface area contributed by atoms with Crippen LogP contribution in [0.15, 0.2) is 67.4 Å². The van der Waals surface area contributed by atoms with E-state index in [2.05, 4.69) is 31.4 Å². The minimum atomic E-state index is -4.55. The van der Waals surface area contributed by atoms with Crippen molar-refractivity contribution in [2.45, 2.75) is 6.18 Å². The van der Waals surface area contributed by atoms with Crippen molar-refractivity contribution in [2.75, 3.05) is 5.32 Å². The van der Waals surface area contributed by atoms with Crippen molar-refractivity contribution in [3.63, 3.8) is 0 Å². The van der Waals surface area contributed by atoms with E-state index in [-0.39, 0.29) is 10.9 Å². The molecule has 4 heterocycles. The lowest BCUT2D eigenvalue weighted by atomic mass is 10.2. The summed E-state index contributed by atoms with van der Waals surface area (Å²) < 4.78 is 45.6. The third-order valence-electron chi connectivity index (χ3n) is 5.08. The molecule has 0 saturated carbocycles. The fourth-order valence-corrected chi connectivity index (χ4v) is 3.61. The highest BCUT2D eigenvalue weighted by atomic mass is 35.5. The predicted molar refractivity (Wildman–Crippen MR) is 126 cm³/mol. The Labute approximate surface area is 206 Å². The minimum Gasteiger partial charge on any atom is -0.437 e. The molecular formula is C24H13ClF3N7O. The fourth-order valence-electron chi connectivity index (χ4n) is 3.41. The lowest BCUT2D eigenvalue weighted by Gasteiger charge is -2.11. The molecule has 8 nitrogen and oxygen atoms in total. The van der Waals surface area contributed by atoms with Gasteiger partial charge in [0.2, 0.25) is 5.88 Å². The van der Waals surface area contributed by atoms with Crippen LogP contribution < -0.4 is 10.1 Å². The molecule has 0 spiro atoms. The van der Waals surface area contributed by atoms with Crippen LogP contribution in [0.25, 0.3) is 22.6 Å². The van der Waals surface area contributed by atoms with Gasteiger partial charge in [0.1, 0.15) is 22.4 Å². The van der Waals surface area contributed by atoms with Crippen LogP contribution in [0.5, 0.6) is 11.6 Å². The van der Waals surface area contributed by atoms with Crippen LogP contribution in [0.1, 0.15) is 16.8 Å². The summed E-state index contributed by atoms with van der Waals surface area (Å²) in [7, 11) is 0. The van der Waals surface area contributed by atoms with Gasteiger partial charge in [-0.3, -0.25) is 4.98 Å². The molecule has 12 heteroatoms. The molecular weight excluding hydrogens is 495 g/mol. The Hall–Kier alpha value is -4.69. The second kappa shape index (κ2) is 9.16. The number of aromatic nitrogens is 5. The first kappa shape index (κ1) is 23.1. The van der Waals surface area contributed by atoms with E-state index in [1.54, 1.807) is 59.5 Å². The quantitative estimate of drug-likeness (QED) is 0.307. The zero-order chi connectivity index (χ0) is 25.3. The lowest BCUT2D eigenvalue weighted by molar-refractivity contribution is -0.137. The largest absolute Gasteiger partial charge is 0.437 e. The predicted octanol–water partition coefficient (Wildman–Crippen LogP) is 6.09. The number of fused-ring (bicyclic) bond motifs is 3. The number of halogens is 4. The molecule has 1 aromatic carbocycles. The van der Waals surface area contributed by atoms with Gasteiger partial charge in [0.05, 0.1) is 23.0 Å². The molecule has 0 aliphatic rings. The average molecular weight is 508 g/mol. The molecule has 0 atom stereocenters. The maximum absolute atomic E-state index is 12.8. The number of hydrogen-bond acceptors (Lipinski definition) is 7. The maximum atomic E-state index is 12.8. The van der Waals surface area contributed by atoms with Gasteiger partial charge in [-0.1, -0.05) is 17.7 Å². The minimum absolute atomic E-state index is 0.144. The first-order valence-electron chi connectivity index (χ1n) is 10.3. The van der Waals surface area contributed by atoms with E-state index in [9.17, 15) is 18.4 Å². The van der Waals surface area contributed by atoms with Gasteiger partial charge in [-0.2, -0.15) is 23.5 Å². The summed E-state index contributed by atoms with van der Waals surface area (Å²) in [6.45, 7) is 0. The van der Waals surface area contributed by atoms with Gasteiger partial charge in [0.15, 0.2) is 5.65 Å². The molecule has 0 aliphatic heterocycles. The van der Waals surface area contributed by atoms with Crippen molar-refractivity contribution < 1.29 is 17.9 Å². The second-order valence-corrected chi connectivity index (χ2v) is 7.82. The molecule has 5 aromatic rings. The Morgan fingerprint density at radius 1 is 1.08 bits per heavy atom. The topological polar surface area (TPSA) is 101 Å². The van der Waals surface area contributed by atoms with Crippen LogP contribution in [0.3, 0.4) is 0 Å². The van der Waals surface area contributed by atoms with Crippen LogP contribution in [0, 0.1) is 11.3 Å². The van der Waals surface area contributed by atoms with E-state index in [1.165, 1.54) is 6.20 Å². The van der Waals surface area contributed by atoms with Gasteiger partial charge < -0.3 is 10.1 Å². The highest BCUT2D eigenvalue weighted by molar-refractivity contribution is 6.31. The van der Waals surface area contributed by atoms with E-state index in [1.807, 2.05) is 0 Å². The van der Waals surface area contributed by atoms with Gasteiger partial charge in [-0.25, -0.2) is 14.5 Å². The number of nitrogens with one attached hydrogen (secondary N) is 1. The SMILES string of the molecule is N#Cc1cnn2c1ncc1c(/C=C\Nc3cccc(Oc4ncc(C(F)(F)F)cc4Cl)c3)nccc12. The highest BCUT2D eigenvalue weighted by Gasteiger charge is 2.31. The number of nitriles is 1. The normalized spacial score (nSPS) is 11.8. The van der Waals surface area contributed by atoms with Crippen molar-refractivity contribution >= 4 is 39.9 Å². The van der Waals surface area contributed by atoms with Crippen molar-refractivity contribution in [3.05, 3.63) is 89.2 Å². The Kier molecular flexibility index (Phi) is 5.87. The van der Waals surface area contributed by atoms with Gasteiger partial charge >= 0.3 is 6.18 Å². The zero-order valence-corrected chi connectivity index (χ0v) is 18.8. The Morgan fingerprint density at radius 3 is 2.72 bits per heavy atom. The van der Waals surface area contributed by atoms with E-state index in [4.69, 9.17) is 16.3 Å². The second-order valence-electron chi connectivity index (χ2n) is 7.41. The maximum Gasteiger partial charge on any atom is 0.417 e. The van der Waals surface area contributed by atoms with E-state index in [0.717, 1.165) is 17.0 Å². The van der Waals surface area contributed by atoms with E-state index >= 15 is 0 Å². The summed E-state index contributed by atoms with van der Waals surface area (Å²) in [6, 6.07) is 11.3. The fraction of sp³-hybridized carbons (Fsp3) is 0.0417. The molecule has 5 rings (SSSR count). The molecule has 36 heavy (non-hydrogen) atoms. The van der Waals surface area contributed by atoms with Crippen molar-refractivity contribution in [2.24, 2.45) is 0 Å². The smallest absolute Gasteiger partial charge is 0.417 e. The summed E-state index contributed by atoms with van der Waals surface area (Å²) in [6.07, 6.45) is 4.24. The van der Waals surface area contributed by atoms with Crippen LogP contribution >= 0.6 is 11.6 Å². The molecule has 0 amide bonds. The van der Waals surface area contributed by atoms with Crippen LogP contribution in [0.2, 0.25) is 5.02 Å². The molecule has 4 aromatic heterocycles. The summed E-state index contributed by atoms with van der Waals surface area (Å²) >= 11 is 5.92. The highest BCUT2D eigenvalue weighted by Crippen LogP contribution is 2.35. The first-order chi connectivity index (χ1) is 17.3. The molecule has 0 aliphatic carbocycles. The number of ether oxygens (including phenoxy) is 1. The standard InChI is InChI=1S/C24H13ClF3N7O/c25-19-8-15(24(26,27)28)12-33-23(19)36-17-3-1-2-16(9-17)30-6-4-20-18-13-32-22-14(10-29)11-34-35(22)21(18)5-7-31-20/h1-9,11-13,30H/b6-4-. The monoisotopic (exact) mass is 507 g/mol. The molecule has 0 saturated heterocycles. The van der Waals surface area contributed by atoms with Crippen molar-refractivity contribution in [1.29, 1.82) is 5.26 Å². The van der Waals surface area contributed by atoms with Crippen molar-refractivity contribution in [3.8, 4) is 17.7 Å². The third-order valence-corrected chi connectivity index (χ3v) is 5.35. The van der Waals surface area contributed by atoms with Gasteiger partial charge in [-0.05, 0) is 30.3 Å². The summed E-state index contributed by atoms with van der Waals surface area (Å²) in [5.41, 5.74) is 1.88. The van der Waals surface area contributed by atoms with Gasteiger partial charge in [0.25, 0.3) is 0 Å². The summed E-state index contributed by atoms with van der Waals surface area (Å²) in [5.74, 6) is 0.179. The molecule has 0 fully saturated rings. The molecule has 178 valence electrons. The Balaban J connectivity index is 1.34. The molecule has 0 radical (unpaired) electrons. The number of nitrogens with zero attached hydrogens (tertiary/aromatic N) is 6. The third kappa shape index (κ3) is 4.49. The van der Waals surface area contributed by atoms with E-state index < -0.39 is 11.7 Å². The number of alkyl halides is 3. The number of rotatable bonds is 5. The number of benzene rings is 1. The number of hydrogen-bond donors (Lipinski definition) is 1. The van der Waals surface area contributed by atoms with Gasteiger partial charge in [-0.15, -0.1) is 0 Å². The molecule has 0 unspecified atom stereocenters. The Bertz CT molecular complexity index is 1670. The Morgan fingerprint density at radius 2 is 1.94 bits per heavy atom. The van der Waals surface area contributed by atoms with Crippen LogP contribution in [-0.4, -0.2) is 24.6 Å². The van der Waals surface area contributed by atoms with Crippen LogP contribution in [-0.2, 0) is 6.18 Å². The number of anilines is 1. The van der Waals surface area contributed by atoms with Gasteiger partial charge in [0, 0.05) is 41.9 Å². The van der Waals surface area contributed by atoms with Crippen molar-refractivity contribution in [1.82, 2.24) is 24.6 Å². The number of pyridine rings is 2.